The van der Waals surface area contributed by atoms with Crippen LogP contribution in [0.3, 0.4) is 0 Å². The van der Waals surface area contributed by atoms with E-state index in [1.54, 1.807) is 0 Å². The van der Waals surface area contributed by atoms with Crippen LogP contribution in [0.5, 0.6) is 0 Å². The number of hydrogen-bond donors (Lipinski definition) is 3. The first kappa shape index (κ1) is 29.6. The molecule has 3 N–H and O–H groups in total. The molecule has 0 fully saturated rings. The molecule has 0 aromatic rings. The van der Waals surface area contributed by atoms with E-state index in [1.807, 2.05) is 0 Å². The van der Waals surface area contributed by atoms with E-state index < -0.39 is 7.82 Å². The van der Waals surface area contributed by atoms with Crippen molar-refractivity contribution in [3.8, 4) is 0 Å². The maximum atomic E-state index is 8.88. The first-order chi connectivity index (χ1) is 3.00. The van der Waals surface area contributed by atoms with Gasteiger partial charge in [-0.15, -0.1) is 0 Å². The molecule has 0 radical (unpaired) electrons. The third-order valence-corrected chi connectivity index (χ3v) is 0. The maximum absolute atomic E-state index is 8.88. The normalized spacial score (nSPS) is 6.40. The van der Waals surface area contributed by atoms with Crippen molar-refractivity contribution >= 4 is 45.5 Å². The zero-order valence-corrected chi connectivity index (χ0v) is 6.33. The van der Waals surface area contributed by atoms with Crippen LogP contribution in [-0.4, -0.2) is 52.4 Å². The molecule has 0 aromatic carbocycles. The summed E-state index contributed by atoms with van der Waals surface area (Å²) in [6.45, 7) is 0. The van der Waals surface area contributed by atoms with Crippen molar-refractivity contribution in [3.05, 3.63) is 0 Å². The van der Waals surface area contributed by atoms with E-state index in [-0.39, 0.29) is 54.8 Å². The van der Waals surface area contributed by atoms with Crippen LogP contribution in [0, 0.1) is 0 Å². The number of rotatable bonds is 0. The molecule has 0 rings (SSSR count). The van der Waals surface area contributed by atoms with Gasteiger partial charge in [0.15, 0.2) is 0 Å². The van der Waals surface area contributed by atoms with Gasteiger partial charge in [-0.05, 0) is 0 Å². The Balaban J connectivity index is -0.0000000154. The number of phosphoric acid groups is 1. The third kappa shape index (κ3) is 186. The first-order valence-corrected chi connectivity index (χ1v) is 2.91. The molecule has 0 amide bonds. The second-order valence-electron chi connectivity index (χ2n) is 0.513. The van der Waals surface area contributed by atoms with Crippen LogP contribution in [0.1, 0.15) is 0 Å². The summed E-state index contributed by atoms with van der Waals surface area (Å²) in [5.41, 5.74) is 0. The molecule has 0 bridgehead atoms. The molecule has 0 saturated carbocycles. The Kier molecular flexibility index (Phi) is 51.1. The summed E-state index contributed by atoms with van der Waals surface area (Å²) in [7, 11) is -4.64. The van der Waals surface area contributed by atoms with Gasteiger partial charge >= 0.3 is 65.1 Å². The Morgan fingerprint density at radius 3 is 1.00 bits per heavy atom. The molecule has 0 spiro atoms. The van der Waals surface area contributed by atoms with Crippen LogP contribution >= 0.6 is 7.82 Å². The van der Waals surface area contributed by atoms with Crippen molar-refractivity contribution in [2.24, 2.45) is 0 Å². The summed E-state index contributed by atoms with van der Waals surface area (Å²) < 4.78 is 16.8. The molecule has 5 nitrogen and oxygen atoms in total. The topological polar surface area (TPSA) is 94.8 Å². The van der Waals surface area contributed by atoms with E-state index >= 15 is 0 Å². The molecule has 0 aliphatic carbocycles. The summed E-state index contributed by atoms with van der Waals surface area (Å²) in [5.74, 6) is 0. The van der Waals surface area contributed by atoms with Crippen molar-refractivity contribution in [2.75, 3.05) is 0 Å². The van der Waals surface area contributed by atoms with E-state index in [2.05, 4.69) is 15.7 Å². The Bertz CT molecular complexity index is 75.5. The van der Waals surface area contributed by atoms with Crippen molar-refractivity contribution in [1.29, 1.82) is 0 Å². The van der Waals surface area contributed by atoms with Crippen LogP contribution < -0.4 is 0 Å². The van der Waals surface area contributed by atoms with Crippen LogP contribution in [0.2, 0.25) is 0 Å². The van der Waals surface area contributed by atoms with Crippen molar-refractivity contribution < 1.29 is 55.8 Å². The minimum absolute atomic E-state index is 0. The molecule has 0 unspecified atom stereocenters. The van der Waals surface area contributed by atoms with Crippen LogP contribution in [0.15, 0.2) is 0 Å². The Morgan fingerprint density at radius 2 is 1.00 bits per heavy atom. The van der Waals surface area contributed by atoms with Gasteiger partial charge in [-0.1, -0.05) is 0 Å². The molecular formula is H5CoFeLi2O5P. The van der Waals surface area contributed by atoms with E-state index in [0.717, 1.165) is 0 Å². The van der Waals surface area contributed by atoms with E-state index in [9.17, 15) is 0 Å². The van der Waals surface area contributed by atoms with Crippen molar-refractivity contribution in [3.63, 3.8) is 0 Å². The fraction of sp³-hybridized carbons (Fsp3) is 0. The molecular weight excluding hydrogens is 240 g/mol. The zero-order valence-electron chi connectivity index (χ0n) is 3.29. The van der Waals surface area contributed by atoms with Gasteiger partial charge in [0, 0.05) is 17.1 Å². The molecule has 10 heteroatoms. The van der Waals surface area contributed by atoms with E-state index in [1.165, 1.54) is 0 Å². The monoisotopic (exact) mass is 245 g/mol. The van der Waals surface area contributed by atoms with Crippen LogP contribution in [0.25, 0.3) is 0 Å². The van der Waals surface area contributed by atoms with Gasteiger partial charge in [-0.3, -0.25) is 0 Å². The molecule has 0 heterocycles. The van der Waals surface area contributed by atoms with Gasteiger partial charge in [0.25, 0.3) is 0 Å². The van der Waals surface area contributed by atoms with Gasteiger partial charge in [0.2, 0.25) is 0 Å². The van der Waals surface area contributed by atoms with Gasteiger partial charge in [0.1, 0.15) is 0 Å². The second kappa shape index (κ2) is 17.3. The van der Waals surface area contributed by atoms with E-state index in [0.29, 0.717) is 0 Å². The fourth-order valence-corrected chi connectivity index (χ4v) is 0. The standard InChI is InChI=1S/Co.Fe.2Li.H3O4P.O.2H/c;;;;1-5(2,3)4;;;/h;;;;(H3,1,2,3,4);;;. The quantitative estimate of drug-likeness (QED) is 0.328. The van der Waals surface area contributed by atoms with Gasteiger partial charge in [-0.25, -0.2) is 4.57 Å². The Labute approximate surface area is 101 Å². The summed E-state index contributed by atoms with van der Waals surface area (Å²) in [6.07, 6.45) is 0. The van der Waals surface area contributed by atoms with Crippen LogP contribution in [-0.2, 0) is 41.2 Å². The molecule has 0 aliphatic rings. The van der Waals surface area contributed by atoms with Gasteiger partial charge < -0.3 is 14.7 Å². The third-order valence-electron chi connectivity index (χ3n) is 0. The predicted molar refractivity (Wildman–Crippen MR) is 29.2 cm³/mol. The van der Waals surface area contributed by atoms with Crippen molar-refractivity contribution in [2.45, 2.75) is 0 Å². The fourth-order valence-electron chi connectivity index (χ4n) is 0. The molecule has 0 aromatic heterocycles. The molecule has 59 valence electrons. The molecule has 0 saturated heterocycles. The molecule has 10 heavy (non-hydrogen) atoms. The van der Waals surface area contributed by atoms with Gasteiger partial charge in [0.05, 0.1) is 0 Å². The van der Waals surface area contributed by atoms with Crippen LogP contribution in [0.4, 0.5) is 0 Å². The van der Waals surface area contributed by atoms with Crippen molar-refractivity contribution in [1.82, 2.24) is 0 Å². The summed E-state index contributed by atoms with van der Waals surface area (Å²) >= 11 is 2.31. The first-order valence-electron chi connectivity index (χ1n) is 0.919. The predicted octanol–water partition coefficient (Wildman–Crippen LogP) is -2.35. The zero-order chi connectivity index (χ0) is 6.50. The molecule has 0 aliphatic heterocycles. The minimum atomic E-state index is -4.64. The van der Waals surface area contributed by atoms with Gasteiger partial charge in [-0.2, -0.15) is 0 Å². The Hall–Kier alpha value is 2.13. The second-order valence-corrected chi connectivity index (χ2v) is 1.54. The van der Waals surface area contributed by atoms with E-state index in [4.69, 9.17) is 23.1 Å². The SMILES string of the molecule is O=P(O)(O)O.[Fe].[LiH].[LiH].[O]=[Co]. The summed E-state index contributed by atoms with van der Waals surface area (Å²) in [6, 6.07) is 0. The average molecular weight is 245 g/mol. The molecule has 0 atom stereocenters. The number of hydrogen-bond acceptors (Lipinski definition) is 2. The summed E-state index contributed by atoms with van der Waals surface area (Å²) in [5, 5.41) is 0. The Morgan fingerprint density at radius 1 is 1.00 bits per heavy atom. The average Bonchev–Trinajstić information content (AvgIpc) is 1.36. The summed E-state index contributed by atoms with van der Waals surface area (Å²) in [4.78, 5) is 21.6.